The second-order valence-corrected chi connectivity index (χ2v) is 5.63. The van der Waals surface area contributed by atoms with Gasteiger partial charge in [-0.2, -0.15) is 0 Å². The molecule has 1 saturated heterocycles. The third-order valence-corrected chi connectivity index (χ3v) is 4.04. The molecule has 0 aliphatic carbocycles. The summed E-state index contributed by atoms with van der Waals surface area (Å²) in [6.07, 6.45) is 1.67. The second kappa shape index (κ2) is 6.86. The van der Waals surface area contributed by atoms with Crippen molar-refractivity contribution in [1.82, 2.24) is 10.6 Å². The normalized spacial score (nSPS) is 17.7. The monoisotopic (exact) mass is 276 g/mol. The fourth-order valence-electron chi connectivity index (χ4n) is 2.69. The standard InChI is InChI=1S/C16H24N2O2/c1-13-3-5-14(6-4-13)11-18-15(19)16(12-20-2)7-9-17-10-8-16/h3-6,17H,7-12H2,1-2H3,(H,18,19). The lowest BCUT2D eigenvalue weighted by Gasteiger charge is -2.35. The molecule has 4 heteroatoms. The lowest BCUT2D eigenvalue weighted by molar-refractivity contribution is -0.136. The minimum Gasteiger partial charge on any atom is -0.384 e. The van der Waals surface area contributed by atoms with E-state index in [4.69, 9.17) is 4.74 Å². The highest BCUT2D eigenvalue weighted by atomic mass is 16.5. The SMILES string of the molecule is COCC1(C(=O)NCc2ccc(C)cc2)CCNCC1. The topological polar surface area (TPSA) is 50.4 Å². The number of methoxy groups -OCH3 is 1. The zero-order chi connectivity index (χ0) is 14.4. The van der Waals surface area contributed by atoms with Gasteiger partial charge in [-0.05, 0) is 38.4 Å². The average Bonchev–Trinajstić information content (AvgIpc) is 2.47. The van der Waals surface area contributed by atoms with Crippen LogP contribution in [0.1, 0.15) is 24.0 Å². The summed E-state index contributed by atoms with van der Waals surface area (Å²) in [4.78, 5) is 12.5. The summed E-state index contributed by atoms with van der Waals surface area (Å²) in [6, 6.07) is 8.25. The van der Waals surface area contributed by atoms with Gasteiger partial charge in [-0.15, -0.1) is 0 Å². The Labute approximate surface area is 120 Å². The van der Waals surface area contributed by atoms with E-state index in [9.17, 15) is 4.79 Å². The Bertz CT molecular complexity index is 431. The Balaban J connectivity index is 1.96. The molecule has 0 aromatic heterocycles. The van der Waals surface area contributed by atoms with Crippen molar-refractivity contribution in [3.63, 3.8) is 0 Å². The number of hydrogen-bond donors (Lipinski definition) is 2. The van der Waals surface area contributed by atoms with Gasteiger partial charge in [0.05, 0.1) is 12.0 Å². The van der Waals surface area contributed by atoms with Gasteiger partial charge in [0.1, 0.15) is 0 Å². The van der Waals surface area contributed by atoms with Crippen molar-refractivity contribution < 1.29 is 9.53 Å². The quantitative estimate of drug-likeness (QED) is 0.859. The Morgan fingerprint density at radius 1 is 1.30 bits per heavy atom. The average molecular weight is 276 g/mol. The second-order valence-electron chi connectivity index (χ2n) is 5.63. The van der Waals surface area contributed by atoms with Crippen LogP contribution in [-0.2, 0) is 16.1 Å². The summed E-state index contributed by atoms with van der Waals surface area (Å²) in [5.41, 5.74) is 1.99. The van der Waals surface area contributed by atoms with Gasteiger partial charge in [0.15, 0.2) is 0 Å². The first-order chi connectivity index (χ1) is 9.66. The molecule has 0 unspecified atom stereocenters. The van der Waals surface area contributed by atoms with Gasteiger partial charge >= 0.3 is 0 Å². The minimum absolute atomic E-state index is 0.112. The van der Waals surface area contributed by atoms with Crippen LogP contribution in [-0.4, -0.2) is 32.7 Å². The van der Waals surface area contributed by atoms with Crippen molar-refractivity contribution in [1.29, 1.82) is 0 Å². The molecule has 1 aliphatic rings. The first-order valence-electron chi connectivity index (χ1n) is 7.20. The van der Waals surface area contributed by atoms with E-state index in [1.54, 1.807) is 7.11 Å². The van der Waals surface area contributed by atoms with Crippen LogP contribution in [0.4, 0.5) is 0 Å². The maximum absolute atomic E-state index is 12.5. The Hall–Kier alpha value is -1.39. The van der Waals surface area contributed by atoms with Crippen molar-refractivity contribution in [2.24, 2.45) is 5.41 Å². The Morgan fingerprint density at radius 2 is 1.95 bits per heavy atom. The number of nitrogens with one attached hydrogen (secondary N) is 2. The molecule has 0 bridgehead atoms. The summed E-state index contributed by atoms with van der Waals surface area (Å²) in [5, 5.41) is 6.36. The third kappa shape index (κ3) is 3.58. The predicted octanol–water partition coefficient (Wildman–Crippen LogP) is 1.63. The Morgan fingerprint density at radius 3 is 2.55 bits per heavy atom. The fourth-order valence-corrected chi connectivity index (χ4v) is 2.69. The molecule has 20 heavy (non-hydrogen) atoms. The molecule has 1 aromatic rings. The van der Waals surface area contributed by atoms with E-state index in [0.717, 1.165) is 31.5 Å². The summed E-state index contributed by atoms with van der Waals surface area (Å²) in [5.74, 6) is 0.112. The van der Waals surface area contributed by atoms with Crippen LogP contribution in [0.3, 0.4) is 0 Å². The number of piperidine rings is 1. The Kier molecular flexibility index (Phi) is 5.15. The van der Waals surface area contributed by atoms with Crippen molar-refractivity contribution in [2.45, 2.75) is 26.3 Å². The first-order valence-corrected chi connectivity index (χ1v) is 7.20. The molecule has 2 rings (SSSR count). The highest BCUT2D eigenvalue weighted by molar-refractivity contribution is 5.83. The summed E-state index contributed by atoms with van der Waals surface area (Å²) in [6.45, 7) is 4.89. The molecule has 110 valence electrons. The van der Waals surface area contributed by atoms with Gasteiger partial charge in [-0.3, -0.25) is 4.79 Å². The highest BCUT2D eigenvalue weighted by Gasteiger charge is 2.39. The largest absolute Gasteiger partial charge is 0.384 e. The van der Waals surface area contributed by atoms with E-state index in [2.05, 4.69) is 41.8 Å². The van der Waals surface area contributed by atoms with Gasteiger partial charge in [0.2, 0.25) is 5.91 Å². The number of amides is 1. The van der Waals surface area contributed by atoms with Crippen LogP contribution < -0.4 is 10.6 Å². The molecule has 1 amide bonds. The molecule has 4 nitrogen and oxygen atoms in total. The third-order valence-electron chi connectivity index (χ3n) is 4.04. The van der Waals surface area contributed by atoms with Gasteiger partial charge in [0.25, 0.3) is 0 Å². The summed E-state index contributed by atoms with van der Waals surface area (Å²) >= 11 is 0. The fraction of sp³-hybridized carbons (Fsp3) is 0.562. The van der Waals surface area contributed by atoms with Gasteiger partial charge in [0, 0.05) is 13.7 Å². The zero-order valence-corrected chi connectivity index (χ0v) is 12.4. The molecule has 2 N–H and O–H groups in total. The maximum atomic E-state index is 12.5. The molecule has 0 spiro atoms. The zero-order valence-electron chi connectivity index (χ0n) is 12.4. The summed E-state index contributed by atoms with van der Waals surface area (Å²) in [7, 11) is 1.66. The highest BCUT2D eigenvalue weighted by Crippen LogP contribution is 2.29. The number of hydrogen-bond acceptors (Lipinski definition) is 3. The number of ether oxygens (including phenoxy) is 1. The molecule has 1 fully saturated rings. The molecular formula is C16H24N2O2. The van der Waals surface area contributed by atoms with E-state index in [1.165, 1.54) is 5.56 Å². The van der Waals surface area contributed by atoms with E-state index in [1.807, 2.05) is 0 Å². The molecule has 0 atom stereocenters. The smallest absolute Gasteiger partial charge is 0.228 e. The molecule has 0 radical (unpaired) electrons. The number of aryl methyl sites for hydroxylation is 1. The predicted molar refractivity (Wildman–Crippen MR) is 79.4 cm³/mol. The van der Waals surface area contributed by atoms with Gasteiger partial charge in [-0.25, -0.2) is 0 Å². The van der Waals surface area contributed by atoms with E-state index in [-0.39, 0.29) is 11.3 Å². The number of carbonyl (C=O) groups excluding carboxylic acids is 1. The number of rotatable bonds is 5. The van der Waals surface area contributed by atoms with Crippen molar-refractivity contribution in [3.8, 4) is 0 Å². The number of carbonyl (C=O) groups is 1. The molecule has 0 saturated carbocycles. The number of benzene rings is 1. The van der Waals surface area contributed by atoms with Crippen LogP contribution in [0.15, 0.2) is 24.3 Å². The molecule has 1 aliphatic heterocycles. The molecule has 1 heterocycles. The molecular weight excluding hydrogens is 252 g/mol. The van der Waals surface area contributed by atoms with Crippen LogP contribution >= 0.6 is 0 Å². The summed E-state index contributed by atoms with van der Waals surface area (Å²) < 4.78 is 5.28. The van der Waals surface area contributed by atoms with Crippen molar-refractivity contribution >= 4 is 5.91 Å². The van der Waals surface area contributed by atoms with E-state index >= 15 is 0 Å². The van der Waals surface area contributed by atoms with Crippen LogP contribution in [0.2, 0.25) is 0 Å². The van der Waals surface area contributed by atoms with Crippen LogP contribution in [0, 0.1) is 12.3 Å². The van der Waals surface area contributed by atoms with Crippen molar-refractivity contribution in [2.75, 3.05) is 26.8 Å². The lowest BCUT2D eigenvalue weighted by atomic mass is 9.78. The van der Waals surface area contributed by atoms with Crippen molar-refractivity contribution in [3.05, 3.63) is 35.4 Å². The van der Waals surface area contributed by atoms with Crippen LogP contribution in [0.5, 0.6) is 0 Å². The van der Waals surface area contributed by atoms with Gasteiger partial charge < -0.3 is 15.4 Å². The maximum Gasteiger partial charge on any atom is 0.228 e. The molecule has 1 aromatic carbocycles. The minimum atomic E-state index is -0.370. The van der Waals surface area contributed by atoms with E-state index in [0.29, 0.717) is 13.2 Å². The lowest BCUT2D eigenvalue weighted by Crippen LogP contribution is -2.49. The van der Waals surface area contributed by atoms with Gasteiger partial charge in [-0.1, -0.05) is 29.8 Å². The van der Waals surface area contributed by atoms with Crippen LogP contribution in [0.25, 0.3) is 0 Å². The van der Waals surface area contributed by atoms with E-state index < -0.39 is 0 Å². The first kappa shape index (κ1) is 15.0.